The smallest absolute Gasteiger partial charge is 0.232 e. The molecule has 2 aromatic carbocycles. The van der Waals surface area contributed by atoms with Gasteiger partial charge in [0.1, 0.15) is 0 Å². The lowest BCUT2D eigenvalue weighted by molar-refractivity contribution is -0.119. The van der Waals surface area contributed by atoms with Crippen LogP contribution in [0.1, 0.15) is 37.2 Å². The van der Waals surface area contributed by atoms with Crippen LogP contribution in [0.25, 0.3) is 0 Å². The van der Waals surface area contributed by atoms with Crippen molar-refractivity contribution in [3.8, 4) is 11.5 Å². The van der Waals surface area contributed by atoms with Crippen LogP contribution in [0.2, 0.25) is 0 Å². The molecule has 4 rings (SSSR count). The van der Waals surface area contributed by atoms with E-state index in [2.05, 4.69) is 15.9 Å². The molecule has 150 valence electrons. The van der Waals surface area contributed by atoms with Crippen molar-refractivity contribution >= 4 is 33.3 Å². The van der Waals surface area contributed by atoms with E-state index in [9.17, 15) is 9.59 Å². The number of methoxy groups -OCH3 is 2. The van der Waals surface area contributed by atoms with Crippen LogP contribution in [-0.4, -0.2) is 25.9 Å². The lowest BCUT2D eigenvalue weighted by Crippen LogP contribution is -2.40. The largest absolute Gasteiger partial charge is 0.493 e. The highest BCUT2D eigenvalue weighted by Gasteiger charge is 2.41. The first-order chi connectivity index (χ1) is 14.0. The molecule has 0 fully saturated rings. The summed E-state index contributed by atoms with van der Waals surface area (Å²) in [5.41, 5.74) is 3.13. The number of Topliss-reactive ketones (excluding diaryl/α,β-unsaturated/α-hetero) is 1. The Hall–Kier alpha value is -2.60. The number of anilines is 1. The maximum Gasteiger partial charge on any atom is 0.232 e. The van der Waals surface area contributed by atoms with Gasteiger partial charge in [0, 0.05) is 45.8 Å². The Labute approximate surface area is 178 Å². The fraction of sp³-hybridized carbons (Fsp3) is 0.304. The molecule has 1 aliphatic carbocycles. The molecule has 1 atom stereocenters. The average molecular weight is 456 g/mol. The third kappa shape index (κ3) is 3.46. The molecule has 1 heterocycles. The number of carbonyl (C=O) groups excluding carboxylic acids is 2. The maximum absolute atomic E-state index is 13.3. The summed E-state index contributed by atoms with van der Waals surface area (Å²) >= 11 is 3.48. The Kier molecular flexibility index (Phi) is 5.46. The van der Waals surface area contributed by atoms with E-state index in [4.69, 9.17) is 9.47 Å². The van der Waals surface area contributed by atoms with Gasteiger partial charge in [-0.2, -0.15) is 0 Å². The lowest BCUT2D eigenvalue weighted by Gasteiger charge is -2.38. The number of carbonyl (C=O) groups is 2. The van der Waals surface area contributed by atoms with Crippen molar-refractivity contribution < 1.29 is 19.1 Å². The van der Waals surface area contributed by atoms with Crippen LogP contribution in [0.3, 0.4) is 0 Å². The number of nitrogens with zero attached hydrogens (tertiary/aromatic N) is 1. The first-order valence-electron chi connectivity index (χ1n) is 9.60. The number of benzene rings is 2. The second kappa shape index (κ2) is 8.03. The van der Waals surface area contributed by atoms with Gasteiger partial charge in [-0.15, -0.1) is 0 Å². The fourth-order valence-electron chi connectivity index (χ4n) is 4.36. The van der Waals surface area contributed by atoms with E-state index in [0.717, 1.165) is 33.4 Å². The predicted molar refractivity (Wildman–Crippen MR) is 114 cm³/mol. The number of hydrogen-bond acceptors (Lipinski definition) is 4. The number of ketones is 1. The molecule has 2 aromatic rings. The van der Waals surface area contributed by atoms with Gasteiger partial charge in [-0.25, -0.2) is 0 Å². The summed E-state index contributed by atoms with van der Waals surface area (Å²) in [6.07, 6.45) is 2.16. The summed E-state index contributed by atoms with van der Waals surface area (Å²) in [6, 6.07) is 13.2. The summed E-state index contributed by atoms with van der Waals surface area (Å²) in [4.78, 5) is 28.1. The van der Waals surface area contributed by atoms with E-state index in [1.807, 2.05) is 42.5 Å². The van der Waals surface area contributed by atoms with E-state index >= 15 is 0 Å². The second-order valence-electron chi connectivity index (χ2n) is 7.19. The van der Waals surface area contributed by atoms with Crippen molar-refractivity contribution in [2.75, 3.05) is 19.1 Å². The van der Waals surface area contributed by atoms with Gasteiger partial charge in [0.25, 0.3) is 0 Å². The monoisotopic (exact) mass is 455 g/mol. The van der Waals surface area contributed by atoms with Crippen LogP contribution in [0.5, 0.6) is 11.5 Å². The van der Waals surface area contributed by atoms with Gasteiger partial charge < -0.3 is 9.47 Å². The quantitative estimate of drug-likeness (QED) is 0.651. The highest BCUT2D eigenvalue weighted by atomic mass is 79.9. The number of amides is 1. The molecule has 0 saturated carbocycles. The van der Waals surface area contributed by atoms with Crippen molar-refractivity contribution in [2.45, 2.75) is 31.6 Å². The zero-order valence-electron chi connectivity index (χ0n) is 16.4. The zero-order chi connectivity index (χ0) is 20.5. The minimum Gasteiger partial charge on any atom is -0.493 e. The van der Waals surface area contributed by atoms with Gasteiger partial charge in [0.05, 0.1) is 14.2 Å². The normalized spacial score (nSPS) is 19.3. The van der Waals surface area contributed by atoms with Crippen LogP contribution in [0.4, 0.5) is 5.69 Å². The van der Waals surface area contributed by atoms with Crippen LogP contribution in [0, 0.1) is 0 Å². The minimum atomic E-state index is -0.334. The van der Waals surface area contributed by atoms with Crippen molar-refractivity contribution in [1.82, 2.24) is 0 Å². The zero-order valence-corrected chi connectivity index (χ0v) is 18.0. The molecule has 0 radical (unpaired) electrons. The number of ether oxygens (including phenoxy) is 2. The molecule has 2 aliphatic rings. The van der Waals surface area contributed by atoms with Crippen molar-refractivity contribution in [2.24, 2.45) is 0 Å². The van der Waals surface area contributed by atoms with Crippen LogP contribution in [-0.2, 0) is 9.59 Å². The van der Waals surface area contributed by atoms with E-state index < -0.39 is 0 Å². The number of para-hydroxylation sites is 1. The minimum absolute atomic E-state index is 0.0218. The molecule has 6 heteroatoms. The number of allylic oxidation sites excluding steroid dienone is 2. The first kappa shape index (κ1) is 19.7. The second-order valence-corrected chi connectivity index (χ2v) is 8.10. The van der Waals surface area contributed by atoms with E-state index in [0.29, 0.717) is 24.3 Å². The van der Waals surface area contributed by atoms with E-state index in [1.54, 1.807) is 19.1 Å². The molecule has 1 amide bonds. The molecule has 29 heavy (non-hydrogen) atoms. The highest BCUT2D eigenvalue weighted by molar-refractivity contribution is 9.10. The highest BCUT2D eigenvalue weighted by Crippen LogP contribution is 2.47. The molecule has 0 bridgehead atoms. The summed E-state index contributed by atoms with van der Waals surface area (Å²) < 4.78 is 11.9. The summed E-state index contributed by atoms with van der Waals surface area (Å²) in [7, 11) is 3.16. The number of halogens is 1. The van der Waals surface area contributed by atoms with Gasteiger partial charge in [-0.3, -0.25) is 14.5 Å². The van der Waals surface area contributed by atoms with Gasteiger partial charge in [-0.1, -0.05) is 34.1 Å². The molecule has 0 spiro atoms. The molecule has 1 aliphatic heterocycles. The third-order valence-corrected chi connectivity index (χ3v) is 6.04. The Morgan fingerprint density at radius 3 is 2.55 bits per heavy atom. The molecular formula is C23H22BrNO4. The Morgan fingerprint density at radius 1 is 1.03 bits per heavy atom. The Bertz CT molecular complexity index is 1010. The molecule has 0 saturated heterocycles. The van der Waals surface area contributed by atoms with Crippen LogP contribution in [0.15, 0.2) is 58.2 Å². The molecule has 1 unspecified atom stereocenters. The van der Waals surface area contributed by atoms with E-state index in [-0.39, 0.29) is 24.0 Å². The van der Waals surface area contributed by atoms with Gasteiger partial charge >= 0.3 is 0 Å². The number of hydrogen-bond donors (Lipinski definition) is 0. The van der Waals surface area contributed by atoms with Gasteiger partial charge in [0.2, 0.25) is 5.91 Å². The lowest BCUT2D eigenvalue weighted by atomic mass is 9.76. The van der Waals surface area contributed by atoms with Gasteiger partial charge in [0.15, 0.2) is 17.3 Å². The Morgan fingerprint density at radius 2 is 1.83 bits per heavy atom. The number of rotatable bonds is 4. The SMILES string of the molecule is COc1cccc(C2CC(=O)N(c3cccc(Br)c3)C3=C2C(=O)CCC3)c1OC. The summed E-state index contributed by atoms with van der Waals surface area (Å²) in [6.45, 7) is 0. The fourth-order valence-corrected chi connectivity index (χ4v) is 4.75. The van der Waals surface area contributed by atoms with Crippen molar-refractivity contribution in [3.05, 3.63) is 63.8 Å². The van der Waals surface area contributed by atoms with Gasteiger partial charge in [-0.05, 0) is 37.1 Å². The Balaban J connectivity index is 1.90. The molecule has 0 N–H and O–H groups in total. The third-order valence-electron chi connectivity index (χ3n) is 5.55. The van der Waals surface area contributed by atoms with Crippen LogP contribution < -0.4 is 14.4 Å². The van der Waals surface area contributed by atoms with Crippen molar-refractivity contribution in [1.29, 1.82) is 0 Å². The predicted octanol–water partition coefficient (Wildman–Crippen LogP) is 4.99. The molecule has 5 nitrogen and oxygen atoms in total. The summed E-state index contributed by atoms with van der Waals surface area (Å²) in [5, 5.41) is 0. The topological polar surface area (TPSA) is 55.8 Å². The maximum atomic E-state index is 13.3. The average Bonchev–Trinajstić information content (AvgIpc) is 2.72. The van der Waals surface area contributed by atoms with Crippen molar-refractivity contribution in [3.63, 3.8) is 0 Å². The summed E-state index contributed by atoms with van der Waals surface area (Å²) in [5.74, 6) is 0.921. The standard InChI is InChI=1S/C23H22BrNO4/c1-28-20-11-4-8-16(23(20)29-2)17-13-21(27)25(15-7-3-6-14(24)12-15)18-9-5-10-19(26)22(17)18/h3-4,6-8,11-12,17H,5,9-10,13H2,1-2H3. The molecule has 0 aromatic heterocycles. The first-order valence-corrected chi connectivity index (χ1v) is 10.4. The molecular weight excluding hydrogens is 434 g/mol. The van der Waals surface area contributed by atoms with Crippen LogP contribution >= 0.6 is 15.9 Å². The van der Waals surface area contributed by atoms with E-state index in [1.165, 1.54) is 0 Å².